The Labute approximate surface area is 162 Å². The molecule has 0 saturated carbocycles. The molecule has 0 aliphatic carbocycles. The zero-order chi connectivity index (χ0) is 18.5. The van der Waals surface area contributed by atoms with Gasteiger partial charge in [0.25, 0.3) is 5.91 Å². The molecule has 5 nitrogen and oxygen atoms in total. The van der Waals surface area contributed by atoms with Crippen LogP contribution in [0.5, 0.6) is 5.75 Å². The quantitative estimate of drug-likeness (QED) is 0.746. The van der Waals surface area contributed by atoms with E-state index in [-0.39, 0.29) is 25.1 Å². The summed E-state index contributed by atoms with van der Waals surface area (Å²) in [7, 11) is 0. The molecular formula is C19H18Cl2N2O3. The van der Waals surface area contributed by atoms with E-state index in [2.05, 4.69) is 0 Å². The summed E-state index contributed by atoms with van der Waals surface area (Å²) < 4.78 is 5.56. The van der Waals surface area contributed by atoms with Crippen LogP contribution < -0.4 is 9.64 Å². The molecule has 1 fully saturated rings. The van der Waals surface area contributed by atoms with Gasteiger partial charge in [-0.3, -0.25) is 14.5 Å². The van der Waals surface area contributed by atoms with Crippen molar-refractivity contribution in [1.29, 1.82) is 0 Å². The highest BCUT2D eigenvalue weighted by Crippen LogP contribution is 2.27. The number of carbonyl (C=O) groups is 2. The van der Waals surface area contributed by atoms with Crippen molar-refractivity contribution in [2.75, 3.05) is 24.7 Å². The van der Waals surface area contributed by atoms with E-state index < -0.39 is 0 Å². The minimum atomic E-state index is -0.262. The summed E-state index contributed by atoms with van der Waals surface area (Å²) in [5.41, 5.74) is 0.711. The molecule has 0 unspecified atom stereocenters. The standard InChI is InChI=1S/C19H18Cl2N2O3/c20-14-8-9-17(16(21)11-14)26-12-19(25)23(15-5-2-1-3-6-15)13-22-10-4-7-18(22)24/h1-3,5-6,8-9,11H,4,7,10,12-13H2. The highest BCUT2D eigenvalue weighted by molar-refractivity contribution is 6.35. The lowest BCUT2D eigenvalue weighted by atomic mass is 10.3. The van der Waals surface area contributed by atoms with Crippen molar-refractivity contribution in [2.24, 2.45) is 0 Å². The molecule has 0 spiro atoms. The molecule has 0 bridgehead atoms. The van der Waals surface area contributed by atoms with Gasteiger partial charge in [0.2, 0.25) is 5.91 Å². The predicted octanol–water partition coefficient (Wildman–Crippen LogP) is 3.99. The van der Waals surface area contributed by atoms with Crippen LogP contribution in [0.25, 0.3) is 0 Å². The van der Waals surface area contributed by atoms with Crippen LogP contribution in [0.15, 0.2) is 48.5 Å². The van der Waals surface area contributed by atoms with Crippen molar-refractivity contribution in [3.8, 4) is 5.75 Å². The van der Waals surface area contributed by atoms with E-state index in [9.17, 15) is 9.59 Å². The molecule has 1 aliphatic rings. The average molecular weight is 393 g/mol. The van der Waals surface area contributed by atoms with Crippen LogP contribution in [0.3, 0.4) is 0 Å². The van der Waals surface area contributed by atoms with Gasteiger partial charge in [-0.2, -0.15) is 0 Å². The second kappa shape index (κ2) is 8.43. The normalized spacial score (nSPS) is 13.8. The Morgan fingerprint density at radius 3 is 2.58 bits per heavy atom. The molecule has 1 heterocycles. The third-order valence-electron chi connectivity index (χ3n) is 4.10. The van der Waals surface area contributed by atoms with E-state index in [0.29, 0.717) is 34.4 Å². The SMILES string of the molecule is O=C1CCCN1CN(C(=O)COc1ccc(Cl)cc1Cl)c1ccccc1. The highest BCUT2D eigenvalue weighted by atomic mass is 35.5. The topological polar surface area (TPSA) is 49.9 Å². The number of ether oxygens (including phenoxy) is 1. The molecule has 26 heavy (non-hydrogen) atoms. The second-order valence-electron chi connectivity index (χ2n) is 5.92. The van der Waals surface area contributed by atoms with Gasteiger partial charge in [0.15, 0.2) is 6.61 Å². The maximum Gasteiger partial charge on any atom is 0.266 e. The molecule has 0 atom stereocenters. The van der Waals surface area contributed by atoms with Gasteiger partial charge in [-0.1, -0.05) is 41.4 Å². The molecule has 2 aromatic rings. The Kier molecular flexibility index (Phi) is 6.01. The van der Waals surface area contributed by atoms with Gasteiger partial charge < -0.3 is 9.64 Å². The number of carbonyl (C=O) groups excluding carboxylic acids is 2. The number of hydrogen-bond acceptors (Lipinski definition) is 3. The van der Waals surface area contributed by atoms with E-state index in [1.54, 1.807) is 28.0 Å². The fourth-order valence-electron chi connectivity index (χ4n) is 2.75. The Hall–Kier alpha value is -2.24. The monoisotopic (exact) mass is 392 g/mol. The molecule has 136 valence electrons. The second-order valence-corrected chi connectivity index (χ2v) is 6.77. The fraction of sp³-hybridized carbons (Fsp3) is 0.263. The summed E-state index contributed by atoms with van der Waals surface area (Å²) in [6.07, 6.45) is 1.33. The van der Waals surface area contributed by atoms with Crippen molar-refractivity contribution < 1.29 is 14.3 Å². The van der Waals surface area contributed by atoms with Crippen molar-refractivity contribution in [1.82, 2.24) is 4.90 Å². The number of likely N-dealkylation sites (tertiary alicyclic amines) is 1. The molecule has 2 amide bonds. The van der Waals surface area contributed by atoms with Gasteiger partial charge in [-0.15, -0.1) is 0 Å². The van der Waals surface area contributed by atoms with Gasteiger partial charge in [0, 0.05) is 23.7 Å². The van der Waals surface area contributed by atoms with Gasteiger partial charge in [0.1, 0.15) is 12.4 Å². The number of halogens is 2. The lowest BCUT2D eigenvalue weighted by molar-refractivity contribution is -0.128. The maximum atomic E-state index is 12.8. The van der Waals surface area contributed by atoms with E-state index in [0.717, 1.165) is 6.42 Å². The minimum Gasteiger partial charge on any atom is -0.482 e. The van der Waals surface area contributed by atoms with Gasteiger partial charge in [-0.25, -0.2) is 0 Å². The summed E-state index contributed by atoms with van der Waals surface area (Å²) >= 11 is 11.9. The molecule has 0 radical (unpaired) electrons. The summed E-state index contributed by atoms with van der Waals surface area (Å²) in [5, 5.41) is 0.832. The minimum absolute atomic E-state index is 0.0559. The molecule has 7 heteroatoms. The Morgan fingerprint density at radius 2 is 1.92 bits per heavy atom. The van der Waals surface area contributed by atoms with Crippen LogP contribution in [-0.4, -0.2) is 36.5 Å². The highest BCUT2D eigenvalue weighted by Gasteiger charge is 2.26. The maximum absolute atomic E-state index is 12.8. The van der Waals surface area contributed by atoms with Crippen LogP contribution in [0.1, 0.15) is 12.8 Å². The van der Waals surface area contributed by atoms with E-state index in [4.69, 9.17) is 27.9 Å². The molecule has 1 aliphatic heterocycles. The smallest absolute Gasteiger partial charge is 0.266 e. The molecule has 2 aromatic carbocycles. The number of hydrogen-bond donors (Lipinski definition) is 0. The first-order valence-corrected chi connectivity index (χ1v) is 9.01. The van der Waals surface area contributed by atoms with Gasteiger partial charge in [-0.05, 0) is 36.8 Å². The lowest BCUT2D eigenvalue weighted by Gasteiger charge is -2.28. The van der Waals surface area contributed by atoms with E-state index in [1.807, 2.05) is 30.3 Å². The molecule has 1 saturated heterocycles. The average Bonchev–Trinajstić information content (AvgIpc) is 3.04. The first-order chi connectivity index (χ1) is 12.5. The third kappa shape index (κ3) is 4.48. The largest absolute Gasteiger partial charge is 0.482 e. The van der Waals surface area contributed by atoms with Crippen LogP contribution >= 0.6 is 23.2 Å². The number of nitrogens with zero attached hydrogens (tertiary/aromatic N) is 2. The summed E-state index contributed by atoms with van der Waals surface area (Å²) in [4.78, 5) is 28.0. The summed E-state index contributed by atoms with van der Waals surface area (Å²) in [6.45, 7) is 0.664. The van der Waals surface area contributed by atoms with Crippen LogP contribution in [0, 0.1) is 0 Å². The first kappa shape index (κ1) is 18.5. The molecular weight excluding hydrogens is 375 g/mol. The van der Waals surface area contributed by atoms with Crippen LogP contribution in [0.4, 0.5) is 5.69 Å². The predicted molar refractivity (Wildman–Crippen MR) is 102 cm³/mol. The fourth-order valence-corrected chi connectivity index (χ4v) is 3.21. The number of rotatable bonds is 6. The van der Waals surface area contributed by atoms with Gasteiger partial charge in [0.05, 0.1) is 5.02 Å². The molecule has 3 rings (SSSR count). The van der Waals surface area contributed by atoms with Crippen LogP contribution in [-0.2, 0) is 9.59 Å². The first-order valence-electron chi connectivity index (χ1n) is 8.25. The lowest BCUT2D eigenvalue weighted by Crippen LogP contribution is -2.44. The van der Waals surface area contributed by atoms with E-state index in [1.165, 1.54) is 0 Å². The van der Waals surface area contributed by atoms with Crippen molar-refractivity contribution in [2.45, 2.75) is 12.8 Å². The Morgan fingerprint density at radius 1 is 1.15 bits per heavy atom. The van der Waals surface area contributed by atoms with Crippen molar-refractivity contribution in [3.63, 3.8) is 0 Å². The molecule has 0 aromatic heterocycles. The van der Waals surface area contributed by atoms with Gasteiger partial charge >= 0.3 is 0 Å². The van der Waals surface area contributed by atoms with Crippen molar-refractivity contribution >= 4 is 40.7 Å². The summed E-state index contributed by atoms with van der Waals surface area (Å²) in [5.74, 6) is 0.178. The Balaban J connectivity index is 1.73. The zero-order valence-corrected chi connectivity index (χ0v) is 15.5. The number of anilines is 1. The molecule has 0 N–H and O–H groups in total. The van der Waals surface area contributed by atoms with Crippen molar-refractivity contribution in [3.05, 3.63) is 58.6 Å². The summed E-state index contributed by atoms with van der Waals surface area (Å²) in [6, 6.07) is 14.0. The number of benzene rings is 2. The third-order valence-corrected chi connectivity index (χ3v) is 4.63. The number of para-hydroxylation sites is 1. The van der Waals surface area contributed by atoms with E-state index >= 15 is 0 Å². The number of amides is 2. The Bertz CT molecular complexity index is 799. The zero-order valence-electron chi connectivity index (χ0n) is 14.0. The van der Waals surface area contributed by atoms with Crippen LogP contribution in [0.2, 0.25) is 10.0 Å².